The number of benzene rings is 1. The molecule has 0 amide bonds. The second-order valence-electron chi connectivity index (χ2n) is 4.03. The van der Waals surface area contributed by atoms with Crippen molar-refractivity contribution in [1.82, 2.24) is 0 Å². The second kappa shape index (κ2) is 4.73. The van der Waals surface area contributed by atoms with Crippen LogP contribution in [0, 0.1) is 0 Å². The average molecular weight is 231 g/mol. The minimum Gasteiger partial charge on any atom is -0.402 e. The number of hydrogen-bond acceptors (Lipinski definition) is 3. The Morgan fingerprint density at radius 3 is 2.29 bits per heavy atom. The zero-order valence-corrected chi connectivity index (χ0v) is 10.1. The molecule has 0 saturated carbocycles. The van der Waals surface area contributed by atoms with E-state index >= 15 is 0 Å². The molecule has 90 valence electrons. The Bertz CT molecular complexity index is 445. The lowest BCUT2D eigenvalue weighted by molar-refractivity contribution is -0.160. The Morgan fingerprint density at radius 1 is 1.06 bits per heavy atom. The van der Waals surface area contributed by atoms with Crippen LogP contribution in [0.15, 0.2) is 48.2 Å². The SMILES string of the molecule is COC1(OC)CC(N)=CC=C1c1ccccc1. The van der Waals surface area contributed by atoms with Gasteiger partial charge in [0.2, 0.25) is 0 Å². The molecule has 0 spiro atoms. The van der Waals surface area contributed by atoms with Crippen LogP contribution in [-0.4, -0.2) is 20.0 Å². The Hall–Kier alpha value is -1.58. The minimum atomic E-state index is -0.778. The zero-order valence-electron chi connectivity index (χ0n) is 10.1. The Morgan fingerprint density at radius 2 is 1.71 bits per heavy atom. The van der Waals surface area contributed by atoms with E-state index < -0.39 is 5.79 Å². The molecule has 3 nitrogen and oxygen atoms in total. The molecule has 0 unspecified atom stereocenters. The Kier molecular flexibility index (Phi) is 3.31. The van der Waals surface area contributed by atoms with Crippen molar-refractivity contribution >= 4 is 5.57 Å². The first-order valence-corrected chi connectivity index (χ1v) is 5.54. The summed E-state index contributed by atoms with van der Waals surface area (Å²) in [6.45, 7) is 0. The van der Waals surface area contributed by atoms with Crippen LogP contribution in [0.5, 0.6) is 0 Å². The molecule has 1 aromatic rings. The Labute approximate surface area is 102 Å². The number of hydrogen-bond donors (Lipinski definition) is 1. The average Bonchev–Trinajstić information content (AvgIpc) is 2.39. The lowest BCUT2D eigenvalue weighted by Gasteiger charge is -2.35. The molecule has 3 heteroatoms. The third-order valence-electron chi connectivity index (χ3n) is 3.06. The third-order valence-corrected chi connectivity index (χ3v) is 3.06. The monoisotopic (exact) mass is 231 g/mol. The predicted molar refractivity (Wildman–Crippen MR) is 68.1 cm³/mol. The van der Waals surface area contributed by atoms with Gasteiger partial charge in [-0.3, -0.25) is 0 Å². The number of rotatable bonds is 3. The van der Waals surface area contributed by atoms with Crippen molar-refractivity contribution < 1.29 is 9.47 Å². The molecule has 0 aliphatic heterocycles. The summed E-state index contributed by atoms with van der Waals surface area (Å²) in [5.74, 6) is -0.778. The highest BCUT2D eigenvalue weighted by Crippen LogP contribution is 2.38. The molecule has 1 aromatic carbocycles. The van der Waals surface area contributed by atoms with Crippen molar-refractivity contribution in [2.75, 3.05) is 14.2 Å². The van der Waals surface area contributed by atoms with Gasteiger partial charge in [0, 0.05) is 31.9 Å². The van der Waals surface area contributed by atoms with Crippen LogP contribution in [0.1, 0.15) is 12.0 Å². The Balaban J connectivity index is 2.48. The molecular weight excluding hydrogens is 214 g/mol. The third kappa shape index (κ3) is 2.12. The van der Waals surface area contributed by atoms with E-state index in [1.165, 1.54) is 0 Å². The summed E-state index contributed by atoms with van der Waals surface area (Å²) in [6, 6.07) is 10.0. The zero-order chi connectivity index (χ0) is 12.3. The maximum absolute atomic E-state index is 5.86. The van der Waals surface area contributed by atoms with Crippen LogP contribution in [-0.2, 0) is 9.47 Å². The predicted octanol–water partition coefficient (Wildman–Crippen LogP) is 2.31. The van der Waals surface area contributed by atoms with Crippen LogP contribution in [0.4, 0.5) is 0 Å². The first kappa shape index (κ1) is 11.9. The molecule has 0 saturated heterocycles. The molecule has 0 bridgehead atoms. The normalized spacial score (nSPS) is 18.5. The van der Waals surface area contributed by atoms with E-state index in [4.69, 9.17) is 15.2 Å². The number of nitrogens with two attached hydrogens (primary N) is 1. The quantitative estimate of drug-likeness (QED) is 0.812. The van der Waals surface area contributed by atoms with Crippen LogP contribution >= 0.6 is 0 Å². The fourth-order valence-corrected chi connectivity index (χ4v) is 2.12. The van der Waals surface area contributed by atoms with Crippen LogP contribution in [0.2, 0.25) is 0 Å². The van der Waals surface area contributed by atoms with Gasteiger partial charge in [-0.25, -0.2) is 0 Å². The van der Waals surface area contributed by atoms with Crippen LogP contribution < -0.4 is 5.73 Å². The summed E-state index contributed by atoms with van der Waals surface area (Å²) < 4.78 is 11.1. The van der Waals surface area contributed by atoms with E-state index in [9.17, 15) is 0 Å². The van der Waals surface area contributed by atoms with Gasteiger partial charge in [0.15, 0.2) is 5.79 Å². The van der Waals surface area contributed by atoms with Gasteiger partial charge in [0.05, 0.1) is 0 Å². The van der Waals surface area contributed by atoms with E-state index in [1.54, 1.807) is 14.2 Å². The fourth-order valence-electron chi connectivity index (χ4n) is 2.12. The molecule has 0 heterocycles. The summed E-state index contributed by atoms with van der Waals surface area (Å²) in [7, 11) is 3.28. The van der Waals surface area contributed by atoms with Crippen molar-refractivity contribution in [1.29, 1.82) is 0 Å². The fraction of sp³-hybridized carbons (Fsp3) is 0.286. The molecule has 17 heavy (non-hydrogen) atoms. The van der Waals surface area contributed by atoms with E-state index in [0.29, 0.717) is 6.42 Å². The first-order chi connectivity index (χ1) is 8.22. The van der Waals surface area contributed by atoms with Gasteiger partial charge in [-0.2, -0.15) is 0 Å². The largest absolute Gasteiger partial charge is 0.402 e. The van der Waals surface area contributed by atoms with Gasteiger partial charge < -0.3 is 15.2 Å². The maximum Gasteiger partial charge on any atom is 0.200 e. The highest BCUT2D eigenvalue weighted by molar-refractivity contribution is 5.74. The summed E-state index contributed by atoms with van der Waals surface area (Å²) in [5, 5.41) is 0. The van der Waals surface area contributed by atoms with Gasteiger partial charge >= 0.3 is 0 Å². The summed E-state index contributed by atoms with van der Waals surface area (Å²) in [6.07, 6.45) is 4.40. The van der Waals surface area contributed by atoms with Crippen molar-refractivity contribution in [3.63, 3.8) is 0 Å². The molecule has 0 aromatic heterocycles. The molecule has 0 radical (unpaired) electrons. The lowest BCUT2D eigenvalue weighted by Crippen LogP contribution is -2.38. The number of methoxy groups -OCH3 is 2. The van der Waals surface area contributed by atoms with E-state index in [0.717, 1.165) is 16.8 Å². The summed E-state index contributed by atoms with van der Waals surface area (Å²) >= 11 is 0. The van der Waals surface area contributed by atoms with Gasteiger partial charge in [0.25, 0.3) is 0 Å². The van der Waals surface area contributed by atoms with Crippen molar-refractivity contribution in [2.24, 2.45) is 5.73 Å². The van der Waals surface area contributed by atoms with E-state index in [1.807, 2.05) is 42.5 Å². The molecule has 2 rings (SSSR count). The molecule has 1 aliphatic carbocycles. The van der Waals surface area contributed by atoms with Gasteiger partial charge in [-0.05, 0) is 11.6 Å². The summed E-state index contributed by atoms with van der Waals surface area (Å²) in [5.41, 5.74) is 8.70. The molecule has 0 atom stereocenters. The van der Waals surface area contributed by atoms with Crippen LogP contribution in [0.25, 0.3) is 5.57 Å². The van der Waals surface area contributed by atoms with Gasteiger partial charge in [0.1, 0.15) is 0 Å². The van der Waals surface area contributed by atoms with Gasteiger partial charge in [-0.15, -0.1) is 0 Å². The minimum absolute atomic E-state index is 0.542. The molecule has 1 aliphatic rings. The highest BCUT2D eigenvalue weighted by atomic mass is 16.7. The molecular formula is C14H17NO2. The number of allylic oxidation sites excluding steroid dienone is 2. The lowest BCUT2D eigenvalue weighted by atomic mass is 9.89. The molecule has 2 N–H and O–H groups in total. The van der Waals surface area contributed by atoms with Crippen LogP contribution in [0.3, 0.4) is 0 Å². The topological polar surface area (TPSA) is 44.5 Å². The van der Waals surface area contributed by atoms with Crippen molar-refractivity contribution in [3.05, 3.63) is 53.7 Å². The van der Waals surface area contributed by atoms with E-state index in [-0.39, 0.29) is 0 Å². The first-order valence-electron chi connectivity index (χ1n) is 5.54. The number of ether oxygens (including phenoxy) is 2. The van der Waals surface area contributed by atoms with Crippen molar-refractivity contribution in [2.45, 2.75) is 12.2 Å². The summed E-state index contributed by atoms with van der Waals surface area (Å²) in [4.78, 5) is 0. The maximum atomic E-state index is 5.86. The standard InChI is InChI=1S/C14H17NO2/c1-16-14(17-2)10-12(15)8-9-13(14)11-6-4-3-5-7-11/h3-9H,10,15H2,1-2H3. The smallest absolute Gasteiger partial charge is 0.200 e. The van der Waals surface area contributed by atoms with Gasteiger partial charge in [-0.1, -0.05) is 36.4 Å². The second-order valence-corrected chi connectivity index (χ2v) is 4.03. The van der Waals surface area contributed by atoms with E-state index in [2.05, 4.69) is 0 Å². The molecule has 0 fully saturated rings. The van der Waals surface area contributed by atoms with Crippen molar-refractivity contribution in [3.8, 4) is 0 Å². The highest BCUT2D eigenvalue weighted by Gasteiger charge is 2.37.